The largest absolute Gasteiger partial charge is 0.477 e. The molecule has 190 valence electrons. The number of aromatic nitrogens is 3. The van der Waals surface area contributed by atoms with Gasteiger partial charge in [0.25, 0.3) is 11.8 Å². The van der Waals surface area contributed by atoms with Crippen LogP contribution in [0.15, 0.2) is 58.4 Å². The summed E-state index contributed by atoms with van der Waals surface area (Å²) in [6.07, 6.45) is 5.16. The first-order valence-electron chi connectivity index (χ1n) is 10.8. The zero-order valence-corrected chi connectivity index (χ0v) is 21.5. The molecule has 1 fully saturated rings. The van der Waals surface area contributed by atoms with E-state index in [1.165, 1.54) is 34.1 Å². The SMILES string of the molecule is C=CCO/N=C(\C(=O)NC1C(=O)N2C(C(=O)O)=C(C[n+]3ccc4scnc4c3)CS[C@@H]12)c1csc(N)n1. The van der Waals surface area contributed by atoms with Crippen LogP contribution in [0.25, 0.3) is 10.2 Å². The van der Waals surface area contributed by atoms with Crippen molar-refractivity contribution >= 4 is 73.3 Å². The number of carboxylic acids is 1. The van der Waals surface area contributed by atoms with Crippen LogP contribution in [-0.2, 0) is 25.8 Å². The van der Waals surface area contributed by atoms with Crippen LogP contribution in [0, 0.1) is 0 Å². The van der Waals surface area contributed by atoms with Gasteiger partial charge in [-0.2, -0.15) is 4.57 Å². The molecule has 0 saturated carbocycles. The Hall–Kier alpha value is -3.82. The van der Waals surface area contributed by atoms with Crippen molar-refractivity contribution in [1.82, 2.24) is 20.2 Å². The fourth-order valence-corrected chi connectivity index (χ4v) is 6.47. The quantitative estimate of drug-likeness (QED) is 0.0867. The van der Waals surface area contributed by atoms with Gasteiger partial charge in [0.1, 0.15) is 34.9 Å². The normalized spacial score (nSPS) is 19.4. The van der Waals surface area contributed by atoms with E-state index in [-0.39, 0.29) is 28.8 Å². The van der Waals surface area contributed by atoms with Gasteiger partial charge >= 0.3 is 5.97 Å². The molecule has 5 rings (SSSR count). The number of nitrogens with zero attached hydrogens (tertiary/aromatic N) is 5. The summed E-state index contributed by atoms with van der Waals surface area (Å²) in [5.41, 5.74) is 8.82. The molecule has 0 spiro atoms. The van der Waals surface area contributed by atoms with Gasteiger partial charge in [-0.15, -0.1) is 34.4 Å². The molecule has 3 aromatic rings. The first-order valence-corrected chi connectivity index (χ1v) is 13.6. The van der Waals surface area contributed by atoms with Crippen molar-refractivity contribution in [1.29, 1.82) is 0 Å². The summed E-state index contributed by atoms with van der Waals surface area (Å²) in [6, 6.07) is 0.981. The molecule has 1 saturated heterocycles. The van der Waals surface area contributed by atoms with E-state index < -0.39 is 29.2 Å². The Morgan fingerprint density at radius 2 is 2.27 bits per heavy atom. The second-order valence-corrected chi connectivity index (χ2v) is 10.8. The number of thiazole rings is 2. The highest BCUT2D eigenvalue weighted by Gasteiger charge is 2.54. The molecule has 0 aliphatic carbocycles. The molecular formula is C22H20N7O5S3+. The molecule has 2 aliphatic rings. The number of carbonyl (C=O) groups is 3. The van der Waals surface area contributed by atoms with Gasteiger partial charge in [-0.1, -0.05) is 17.8 Å². The van der Waals surface area contributed by atoms with Crippen LogP contribution >= 0.6 is 34.4 Å². The van der Waals surface area contributed by atoms with E-state index in [1.807, 2.05) is 23.0 Å². The average molecular weight is 559 g/mol. The Balaban J connectivity index is 1.35. The van der Waals surface area contributed by atoms with Crippen molar-refractivity contribution in [2.24, 2.45) is 5.16 Å². The zero-order chi connectivity index (χ0) is 26.1. The average Bonchev–Trinajstić information content (AvgIpc) is 3.53. The van der Waals surface area contributed by atoms with E-state index in [9.17, 15) is 19.5 Å². The Morgan fingerprint density at radius 3 is 3.00 bits per heavy atom. The topological polar surface area (TPSA) is 164 Å². The third-order valence-electron chi connectivity index (χ3n) is 5.57. The molecule has 0 radical (unpaired) electrons. The number of pyridine rings is 1. The van der Waals surface area contributed by atoms with E-state index >= 15 is 0 Å². The summed E-state index contributed by atoms with van der Waals surface area (Å²) < 4.78 is 2.87. The first-order chi connectivity index (χ1) is 17.9. The third kappa shape index (κ3) is 4.80. The van der Waals surface area contributed by atoms with Gasteiger partial charge in [-0.25, -0.2) is 14.8 Å². The lowest BCUT2D eigenvalue weighted by Gasteiger charge is -2.49. The van der Waals surface area contributed by atoms with Crippen LogP contribution in [0.2, 0.25) is 0 Å². The number of rotatable bonds is 9. The van der Waals surface area contributed by atoms with E-state index in [1.54, 1.807) is 10.9 Å². The molecule has 4 N–H and O–H groups in total. The number of β-lactam (4-membered cyclic amide) rings is 1. The summed E-state index contributed by atoms with van der Waals surface area (Å²) >= 11 is 4.02. The summed E-state index contributed by atoms with van der Waals surface area (Å²) in [5, 5.41) is 17.7. The lowest BCUT2D eigenvalue weighted by atomic mass is 10.0. The highest BCUT2D eigenvalue weighted by atomic mass is 32.2. The minimum atomic E-state index is -1.20. The highest BCUT2D eigenvalue weighted by Crippen LogP contribution is 2.40. The Bertz CT molecular complexity index is 1480. The number of hydrogen-bond acceptors (Lipinski definition) is 11. The standard InChI is InChI=1S/C22H19N7O5S3/c1-2-5-34-27-15(13-9-36-22(23)25-13)18(30)26-16-19(31)29-17(21(32)33)11(8-35-20(16)29)6-28-4-3-14-12(7-28)24-10-37-14/h2-4,7,9-10,16,20H,1,5-6,8H2,(H3-,23,25,26,30,32,33)/p+1/b27-15-/t16?,20-/m0/s1. The number of nitrogens with one attached hydrogen (secondary N) is 1. The maximum Gasteiger partial charge on any atom is 0.352 e. The fourth-order valence-electron chi connectivity index (χ4n) is 3.94. The Morgan fingerprint density at radius 1 is 1.43 bits per heavy atom. The number of amides is 2. The minimum Gasteiger partial charge on any atom is -0.477 e. The molecule has 3 aromatic heterocycles. The molecular weight excluding hydrogens is 538 g/mol. The predicted molar refractivity (Wildman–Crippen MR) is 139 cm³/mol. The lowest BCUT2D eigenvalue weighted by Crippen LogP contribution is -2.71. The van der Waals surface area contributed by atoms with Crippen molar-refractivity contribution in [2.75, 3.05) is 18.1 Å². The van der Waals surface area contributed by atoms with Crippen molar-refractivity contribution in [2.45, 2.75) is 18.0 Å². The van der Waals surface area contributed by atoms with Crippen LogP contribution in [0.5, 0.6) is 0 Å². The van der Waals surface area contributed by atoms with E-state index in [4.69, 9.17) is 10.6 Å². The summed E-state index contributed by atoms with van der Waals surface area (Å²) in [4.78, 5) is 53.0. The number of aliphatic carboxylic acids is 1. The molecule has 1 unspecified atom stereocenters. The molecule has 0 aromatic carbocycles. The van der Waals surface area contributed by atoms with E-state index in [0.29, 0.717) is 17.9 Å². The van der Waals surface area contributed by atoms with Gasteiger partial charge in [-0.3, -0.25) is 14.5 Å². The number of hydrogen-bond donors (Lipinski definition) is 3. The lowest BCUT2D eigenvalue weighted by molar-refractivity contribution is -0.687. The number of fused-ring (bicyclic) bond motifs is 2. The molecule has 2 amide bonds. The van der Waals surface area contributed by atoms with Crippen LogP contribution in [0.1, 0.15) is 5.69 Å². The number of carbonyl (C=O) groups excluding carboxylic acids is 2. The summed E-state index contributed by atoms with van der Waals surface area (Å²) in [7, 11) is 0. The van der Waals surface area contributed by atoms with E-state index in [0.717, 1.165) is 21.6 Å². The number of oxime groups is 1. The van der Waals surface area contributed by atoms with Gasteiger partial charge in [0.05, 0.1) is 10.2 Å². The smallest absolute Gasteiger partial charge is 0.352 e. The van der Waals surface area contributed by atoms with Crippen molar-refractivity contribution in [3.05, 3.63) is 59.0 Å². The molecule has 2 aliphatic heterocycles. The van der Waals surface area contributed by atoms with Crippen LogP contribution in [0.3, 0.4) is 0 Å². The maximum absolute atomic E-state index is 13.1. The number of nitrogens with two attached hydrogens (primary N) is 1. The second kappa shape index (κ2) is 10.3. The zero-order valence-electron chi connectivity index (χ0n) is 19.1. The van der Waals surface area contributed by atoms with Crippen molar-refractivity contribution in [3.8, 4) is 0 Å². The molecule has 15 heteroatoms. The number of carboxylic acid groups (broad SMARTS) is 1. The molecule has 0 bridgehead atoms. The third-order valence-corrected chi connectivity index (χ3v) is 8.39. The minimum absolute atomic E-state index is 0.0635. The van der Waals surface area contributed by atoms with Crippen molar-refractivity contribution in [3.63, 3.8) is 0 Å². The fraction of sp³-hybridized carbons (Fsp3) is 0.227. The van der Waals surface area contributed by atoms with Crippen LogP contribution in [-0.4, -0.2) is 67.2 Å². The monoisotopic (exact) mass is 558 g/mol. The van der Waals surface area contributed by atoms with Gasteiger partial charge in [-0.05, 0) is 0 Å². The summed E-state index contributed by atoms with van der Waals surface area (Å²) in [6.45, 7) is 3.89. The van der Waals surface area contributed by atoms with Crippen LogP contribution in [0.4, 0.5) is 5.13 Å². The van der Waals surface area contributed by atoms with Crippen molar-refractivity contribution < 1.29 is 28.9 Å². The van der Waals surface area contributed by atoms with Gasteiger partial charge in [0.15, 0.2) is 29.8 Å². The van der Waals surface area contributed by atoms with Gasteiger partial charge < -0.3 is 21.0 Å². The Labute approximate surface area is 222 Å². The van der Waals surface area contributed by atoms with Gasteiger partial charge in [0.2, 0.25) is 0 Å². The van der Waals surface area contributed by atoms with Crippen LogP contribution < -0.4 is 15.6 Å². The number of nitrogen functional groups attached to an aromatic ring is 1. The molecule has 37 heavy (non-hydrogen) atoms. The molecule has 2 atom stereocenters. The molecule has 12 nitrogen and oxygen atoms in total. The second-order valence-electron chi connectivity index (χ2n) is 7.93. The van der Waals surface area contributed by atoms with Gasteiger partial charge in [0, 0.05) is 22.8 Å². The summed E-state index contributed by atoms with van der Waals surface area (Å²) in [5.74, 6) is -2.04. The predicted octanol–water partition coefficient (Wildman–Crippen LogP) is 0.968. The number of anilines is 1. The highest BCUT2D eigenvalue weighted by molar-refractivity contribution is 8.00. The van der Waals surface area contributed by atoms with E-state index in [2.05, 4.69) is 27.0 Å². The number of thioether (sulfide) groups is 1. The maximum atomic E-state index is 13.1. The Kier molecular flexibility index (Phi) is 6.90. The first kappa shape index (κ1) is 24.9. The molecule has 5 heterocycles.